The Hall–Kier alpha value is -0.550. The van der Waals surface area contributed by atoms with E-state index in [-0.39, 0.29) is 0 Å². The maximum atomic E-state index is 5.66. The summed E-state index contributed by atoms with van der Waals surface area (Å²) in [6, 6.07) is 4.86. The van der Waals surface area contributed by atoms with E-state index in [1.54, 1.807) is 0 Å². The quantitative estimate of drug-likeness (QED) is 0.795. The number of halogens is 2. The SMILES string of the molecule is CCOc1nc2c(Br)cc(Br)cc2n1CC1CC1. The van der Waals surface area contributed by atoms with Crippen LogP contribution in [-0.2, 0) is 6.54 Å². The van der Waals surface area contributed by atoms with Crippen molar-refractivity contribution in [1.29, 1.82) is 0 Å². The first-order valence-electron chi connectivity index (χ1n) is 6.17. The zero-order valence-corrected chi connectivity index (χ0v) is 13.3. The van der Waals surface area contributed by atoms with E-state index in [9.17, 15) is 0 Å². The molecule has 96 valence electrons. The van der Waals surface area contributed by atoms with Crippen LogP contribution in [0.4, 0.5) is 0 Å². The molecule has 0 spiro atoms. The molecule has 0 amide bonds. The van der Waals surface area contributed by atoms with Gasteiger partial charge in [0.2, 0.25) is 0 Å². The molecule has 1 heterocycles. The largest absolute Gasteiger partial charge is 0.465 e. The van der Waals surface area contributed by atoms with E-state index in [2.05, 4.69) is 47.5 Å². The van der Waals surface area contributed by atoms with Gasteiger partial charge >= 0.3 is 0 Å². The first-order chi connectivity index (χ1) is 8.69. The lowest BCUT2D eigenvalue weighted by atomic mass is 10.3. The zero-order valence-electron chi connectivity index (χ0n) is 10.1. The van der Waals surface area contributed by atoms with Crippen molar-refractivity contribution in [3.05, 3.63) is 21.1 Å². The van der Waals surface area contributed by atoms with Crippen molar-refractivity contribution in [2.45, 2.75) is 26.3 Å². The normalized spacial score (nSPS) is 15.3. The molecular weight excluding hydrogens is 360 g/mol. The lowest BCUT2D eigenvalue weighted by Crippen LogP contribution is -2.05. The highest BCUT2D eigenvalue weighted by Gasteiger charge is 2.25. The molecule has 1 saturated carbocycles. The summed E-state index contributed by atoms with van der Waals surface area (Å²) in [5.74, 6) is 0.791. The standard InChI is InChI=1S/C13H14Br2N2O/c1-2-18-13-16-12-10(15)5-9(14)6-11(12)17(13)7-8-3-4-8/h5-6,8H,2-4,7H2,1H3. The Morgan fingerprint density at radius 2 is 2.17 bits per heavy atom. The Morgan fingerprint density at radius 1 is 1.39 bits per heavy atom. The Kier molecular flexibility index (Phi) is 3.36. The van der Waals surface area contributed by atoms with Crippen LogP contribution < -0.4 is 4.74 Å². The smallest absolute Gasteiger partial charge is 0.297 e. The van der Waals surface area contributed by atoms with Gasteiger partial charge in [0.1, 0.15) is 5.52 Å². The molecule has 5 heteroatoms. The number of aromatic nitrogens is 2. The van der Waals surface area contributed by atoms with Crippen LogP contribution in [0.25, 0.3) is 11.0 Å². The molecule has 0 saturated heterocycles. The van der Waals surface area contributed by atoms with Crippen molar-refractivity contribution in [3.63, 3.8) is 0 Å². The maximum absolute atomic E-state index is 5.66. The van der Waals surface area contributed by atoms with Gasteiger partial charge in [-0.2, -0.15) is 4.98 Å². The lowest BCUT2D eigenvalue weighted by molar-refractivity contribution is 0.296. The van der Waals surface area contributed by atoms with Gasteiger partial charge in [0.25, 0.3) is 6.01 Å². The molecule has 0 aliphatic heterocycles. The predicted octanol–water partition coefficient (Wildman–Crippen LogP) is 4.37. The second-order valence-electron chi connectivity index (χ2n) is 4.64. The van der Waals surface area contributed by atoms with Crippen LogP contribution in [0.1, 0.15) is 19.8 Å². The Labute approximate surface area is 123 Å². The van der Waals surface area contributed by atoms with Gasteiger partial charge < -0.3 is 4.74 Å². The number of nitrogens with zero attached hydrogens (tertiary/aromatic N) is 2. The zero-order chi connectivity index (χ0) is 12.7. The highest BCUT2D eigenvalue weighted by atomic mass is 79.9. The second-order valence-corrected chi connectivity index (χ2v) is 6.41. The molecule has 2 aromatic rings. The van der Waals surface area contributed by atoms with E-state index in [1.807, 2.05) is 13.0 Å². The van der Waals surface area contributed by atoms with E-state index < -0.39 is 0 Å². The van der Waals surface area contributed by atoms with Crippen LogP contribution >= 0.6 is 31.9 Å². The molecule has 1 aliphatic rings. The third kappa shape index (κ3) is 2.30. The third-order valence-corrected chi connectivity index (χ3v) is 4.21. The van der Waals surface area contributed by atoms with Gasteiger partial charge in [0, 0.05) is 15.5 Å². The van der Waals surface area contributed by atoms with Crippen molar-refractivity contribution in [2.24, 2.45) is 5.92 Å². The van der Waals surface area contributed by atoms with Crippen molar-refractivity contribution in [3.8, 4) is 6.01 Å². The Bertz CT molecular complexity index is 590. The lowest BCUT2D eigenvalue weighted by Gasteiger charge is -2.08. The van der Waals surface area contributed by atoms with Crippen molar-refractivity contribution >= 4 is 42.9 Å². The summed E-state index contributed by atoms with van der Waals surface area (Å²) in [5.41, 5.74) is 2.11. The Balaban J connectivity index is 2.15. The summed E-state index contributed by atoms with van der Waals surface area (Å²) in [7, 11) is 0. The predicted molar refractivity (Wildman–Crippen MR) is 79.0 cm³/mol. The molecule has 18 heavy (non-hydrogen) atoms. The molecule has 0 unspecified atom stereocenters. The van der Waals surface area contributed by atoms with Crippen LogP contribution in [0.5, 0.6) is 6.01 Å². The summed E-state index contributed by atoms with van der Waals surface area (Å²) in [4.78, 5) is 4.60. The third-order valence-electron chi connectivity index (χ3n) is 3.15. The minimum Gasteiger partial charge on any atom is -0.465 e. The van der Waals surface area contributed by atoms with E-state index in [1.165, 1.54) is 12.8 Å². The number of fused-ring (bicyclic) bond motifs is 1. The average molecular weight is 374 g/mol. The summed E-state index contributed by atoms with van der Waals surface area (Å²) >= 11 is 7.10. The minimum absolute atomic E-state index is 0.646. The maximum Gasteiger partial charge on any atom is 0.297 e. The van der Waals surface area contributed by atoms with Gasteiger partial charge in [0.15, 0.2) is 0 Å². The van der Waals surface area contributed by atoms with Crippen LogP contribution in [0.3, 0.4) is 0 Å². The molecule has 0 radical (unpaired) electrons. The van der Waals surface area contributed by atoms with Gasteiger partial charge in [0.05, 0.1) is 12.1 Å². The second kappa shape index (κ2) is 4.85. The van der Waals surface area contributed by atoms with Crippen molar-refractivity contribution in [2.75, 3.05) is 6.61 Å². The summed E-state index contributed by atoms with van der Waals surface area (Å²) < 4.78 is 9.92. The van der Waals surface area contributed by atoms with Gasteiger partial charge in [-0.3, -0.25) is 4.57 Å². The average Bonchev–Trinajstić information content (AvgIpc) is 3.06. The molecular formula is C13H14Br2N2O. The van der Waals surface area contributed by atoms with Gasteiger partial charge in [-0.1, -0.05) is 15.9 Å². The van der Waals surface area contributed by atoms with Crippen molar-refractivity contribution in [1.82, 2.24) is 9.55 Å². The number of rotatable bonds is 4. The van der Waals surface area contributed by atoms with Crippen LogP contribution in [0.15, 0.2) is 21.1 Å². The van der Waals surface area contributed by atoms with Gasteiger partial charge in [-0.25, -0.2) is 0 Å². The number of imidazole rings is 1. The summed E-state index contributed by atoms with van der Waals surface area (Å²) in [6.45, 7) is 3.65. The summed E-state index contributed by atoms with van der Waals surface area (Å²) in [6.07, 6.45) is 2.64. The molecule has 1 fully saturated rings. The molecule has 3 rings (SSSR count). The van der Waals surface area contributed by atoms with E-state index in [0.717, 1.165) is 38.5 Å². The molecule has 1 aliphatic carbocycles. The number of benzene rings is 1. The molecule has 0 atom stereocenters. The van der Waals surface area contributed by atoms with Crippen molar-refractivity contribution < 1.29 is 4.74 Å². The number of hydrogen-bond acceptors (Lipinski definition) is 2. The van der Waals surface area contributed by atoms with E-state index >= 15 is 0 Å². The molecule has 1 aromatic heterocycles. The van der Waals surface area contributed by atoms with E-state index in [4.69, 9.17) is 4.74 Å². The Morgan fingerprint density at radius 3 is 2.83 bits per heavy atom. The fraction of sp³-hybridized carbons (Fsp3) is 0.462. The monoisotopic (exact) mass is 372 g/mol. The highest BCUT2D eigenvalue weighted by Crippen LogP contribution is 2.36. The summed E-state index contributed by atoms with van der Waals surface area (Å²) in [5, 5.41) is 0. The van der Waals surface area contributed by atoms with Crippen LogP contribution in [0, 0.1) is 5.92 Å². The first-order valence-corrected chi connectivity index (χ1v) is 7.75. The van der Waals surface area contributed by atoms with Crippen LogP contribution in [-0.4, -0.2) is 16.2 Å². The topological polar surface area (TPSA) is 27.1 Å². The fourth-order valence-corrected chi connectivity index (χ4v) is 3.39. The van der Waals surface area contributed by atoms with Crippen LogP contribution in [0.2, 0.25) is 0 Å². The number of ether oxygens (including phenoxy) is 1. The first kappa shape index (κ1) is 12.5. The minimum atomic E-state index is 0.646. The molecule has 0 bridgehead atoms. The molecule has 1 aromatic carbocycles. The highest BCUT2D eigenvalue weighted by molar-refractivity contribution is 9.11. The van der Waals surface area contributed by atoms with E-state index in [0.29, 0.717) is 6.61 Å². The van der Waals surface area contributed by atoms with Gasteiger partial charge in [-0.15, -0.1) is 0 Å². The van der Waals surface area contributed by atoms with Gasteiger partial charge in [-0.05, 0) is 53.7 Å². The fourth-order valence-electron chi connectivity index (χ4n) is 2.10. The molecule has 3 nitrogen and oxygen atoms in total. The molecule has 0 N–H and O–H groups in total. The number of hydrogen-bond donors (Lipinski definition) is 0.